The minimum Gasteiger partial charge on any atom is -0.454 e. The van der Waals surface area contributed by atoms with Gasteiger partial charge in [0.1, 0.15) is 0 Å². The number of hydrogen-bond donors (Lipinski definition) is 1. The lowest BCUT2D eigenvalue weighted by Gasteiger charge is -2.04. The fourth-order valence-electron chi connectivity index (χ4n) is 3.16. The molecule has 0 amide bonds. The molecule has 0 bridgehead atoms. The standard InChI is InChI=1S/C22H24N2O2S/c1-2-3-4-5-6-16-7-9-17(10-8-16)19-14-27-22(24-19)23-18-11-12-20-21(13-18)26-15-25-20/h7-14H,2-6,15H2,1H3,(H,23,24). The van der Waals surface area contributed by atoms with Crippen LogP contribution in [-0.4, -0.2) is 11.8 Å². The predicted octanol–water partition coefficient (Wildman–Crippen LogP) is 6.41. The lowest BCUT2D eigenvalue weighted by molar-refractivity contribution is 0.174. The van der Waals surface area contributed by atoms with Gasteiger partial charge >= 0.3 is 0 Å². The quantitative estimate of drug-likeness (QED) is 0.459. The maximum atomic E-state index is 5.42. The maximum absolute atomic E-state index is 5.42. The Kier molecular flexibility index (Phi) is 5.58. The largest absolute Gasteiger partial charge is 0.454 e. The van der Waals surface area contributed by atoms with E-state index in [4.69, 9.17) is 14.5 Å². The van der Waals surface area contributed by atoms with E-state index in [2.05, 4.69) is 41.9 Å². The molecule has 0 atom stereocenters. The van der Waals surface area contributed by atoms with E-state index < -0.39 is 0 Å². The van der Waals surface area contributed by atoms with E-state index >= 15 is 0 Å². The zero-order valence-electron chi connectivity index (χ0n) is 15.5. The Balaban J connectivity index is 1.38. The van der Waals surface area contributed by atoms with E-state index in [-0.39, 0.29) is 6.79 Å². The van der Waals surface area contributed by atoms with Crippen LogP contribution in [0.1, 0.15) is 38.2 Å². The molecule has 4 rings (SSSR count). The molecule has 1 N–H and O–H groups in total. The highest BCUT2D eigenvalue weighted by atomic mass is 32.1. The first-order chi connectivity index (χ1) is 13.3. The van der Waals surface area contributed by atoms with E-state index in [9.17, 15) is 0 Å². The van der Waals surface area contributed by atoms with Crippen molar-refractivity contribution in [3.05, 3.63) is 53.4 Å². The van der Waals surface area contributed by atoms with Crippen molar-refractivity contribution in [1.82, 2.24) is 4.98 Å². The molecule has 0 aliphatic carbocycles. The van der Waals surface area contributed by atoms with Crippen molar-refractivity contribution in [2.45, 2.75) is 39.0 Å². The number of rotatable bonds is 8. The molecule has 0 saturated carbocycles. The van der Waals surface area contributed by atoms with Crippen LogP contribution in [0.5, 0.6) is 11.5 Å². The number of nitrogens with zero attached hydrogens (tertiary/aromatic N) is 1. The molecule has 0 radical (unpaired) electrons. The van der Waals surface area contributed by atoms with E-state index in [1.54, 1.807) is 11.3 Å². The first-order valence-electron chi connectivity index (χ1n) is 9.53. The second kappa shape index (κ2) is 8.44. The summed E-state index contributed by atoms with van der Waals surface area (Å²) in [5, 5.41) is 6.30. The minimum absolute atomic E-state index is 0.286. The molecule has 5 heteroatoms. The van der Waals surface area contributed by atoms with Crippen LogP contribution in [-0.2, 0) is 6.42 Å². The maximum Gasteiger partial charge on any atom is 0.231 e. The van der Waals surface area contributed by atoms with Gasteiger partial charge in [0.2, 0.25) is 6.79 Å². The topological polar surface area (TPSA) is 43.4 Å². The number of aryl methyl sites for hydroxylation is 1. The van der Waals surface area contributed by atoms with Crippen molar-refractivity contribution >= 4 is 22.2 Å². The SMILES string of the molecule is CCCCCCc1ccc(-c2csc(Nc3ccc4c(c3)OCO4)n2)cc1. The summed E-state index contributed by atoms with van der Waals surface area (Å²) in [5.74, 6) is 1.56. The summed E-state index contributed by atoms with van der Waals surface area (Å²) in [6.45, 7) is 2.53. The average Bonchev–Trinajstić information content (AvgIpc) is 3.35. The third-order valence-electron chi connectivity index (χ3n) is 4.70. The molecular weight excluding hydrogens is 356 g/mol. The number of fused-ring (bicyclic) bond motifs is 1. The van der Waals surface area contributed by atoms with Gasteiger partial charge < -0.3 is 14.8 Å². The normalized spacial score (nSPS) is 12.3. The van der Waals surface area contributed by atoms with Gasteiger partial charge in [0.05, 0.1) is 5.69 Å². The van der Waals surface area contributed by atoms with Crippen LogP contribution in [0, 0.1) is 0 Å². The highest BCUT2D eigenvalue weighted by molar-refractivity contribution is 7.14. The van der Waals surface area contributed by atoms with Crippen LogP contribution in [0.3, 0.4) is 0 Å². The Hall–Kier alpha value is -2.53. The van der Waals surface area contributed by atoms with Crippen molar-refractivity contribution in [3.63, 3.8) is 0 Å². The van der Waals surface area contributed by atoms with Crippen LogP contribution in [0.15, 0.2) is 47.8 Å². The van der Waals surface area contributed by atoms with Crippen molar-refractivity contribution in [1.29, 1.82) is 0 Å². The average molecular weight is 381 g/mol. The lowest BCUT2D eigenvalue weighted by Crippen LogP contribution is -1.93. The molecule has 2 heterocycles. The van der Waals surface area contributed by atoms with Gasteiger partial charge in [-0.25, -0.2) is 4.98 Å². The third-order valence-corrected chi connectivity index (χ3v) is 5.45. The second-order valence-corrected chi connectivity index (χ2v) is 7.60. The highest BCUT2D eigenvalue weighted by Gasteiger charge is 2.14. The third kappa shape index (κ3) is 4.42. The molecule has 0 fully saturated rings. The monoisotopic (exact) mass is 380 g/mol. The summed E-state index contributed by atoms with van der Waals surface area (Å²) in [5.41, 5.74) is 4.51. The Bertz CT molecular complexity index is 890. The molecule has 1 aliphatic heterocycles. The van der Waals surface area contributed by atoms with Gasteiger partial charge in [-0.3, -0.25) is 0 Å². The molecule has 2 aromatic carbocycles. The molecule has 0 unspecified atom stereocenters. The molecular formula is C22H24N2O2S. The molecule has 1 aromatic heterocycles. The Morgan fingerprint density at radius 1 is 1.00 bits per heavy atom. The summed E-state index contributed by atoms with van der Waals surface area (Å²) in [6, 6.07) is 14.6. The first kappa shape index (κ1) is 17.9. The molecule has 1 aliphatic rings. The second-order valence-electron chi connectivity index (χ2n) is 6.74. The van der Waals surface area contributed by atoms with Crippen LogP contribution in [0.2, 0.25) is 0 Å². The zero-order valence-corrected chi connectivity index (χ0v) is 16.3. The Morgan fingerprint density at radius 2 is 1.85 bits per heavy atom. The molecule has 4 nitrogen and oxygen atoms in total. The fraction of sp³-hybridized carbons (Fsp3) is 0.318. The van der Waals surface area contributed by atoms with Crippen LogP contribution < -0.4 is 14.8 Å². The van der Waals surface area contributed by atoms with Gasteiger partial charge in [-0.2, -0.15) is 0 Å². The summed E-state index contributed by atoms with van der Waals surface area (Å²) >= 11 is 1.60. The number of ether oxygens (including phenoxy) is 2. The van der Waals surface area contributed by atoms with Crippen LogP contribution in [0.25, 0.3) is 11.3 Å². The molecule has 0 spiro atoms. The Morgan fingerprint density at radius 3 is 2.70 bits per heavy atom. The highest BCUT2D eigenvalue weighted by Crippen LogP contribution is 2.36. The number of aromatic nitrogens is 1. The molecule has 140 valence electrons. The predicted molar refractivity (Wildman–Crippen MR) is 111 cm³/mol. The number of thiazole rings is 1. The number of hydrogen-bond acceptors (Lipinski definition) is 5. The van der Waals surface area contributed by atoms with Crippen molar-refractivity contribution in [2.75, 3.05) is 12.1 Å². The fourth-order valence-corrected chi connectivity index (χ4v) is 3.90. The first-order valence-corrected chi connectivity index (χ1v) is 10.4. The summed E-state index contributed by atoms with van der Waals surface area (Å²) in [4.78, 5) is 4.72. The summed E-state index contributed by atoms with van der Waals surface area (Å²) in [7, 11) is 0. The number of unbranched alkanes of at least 4 members (excludes halogenated alkanes) is 3. The summed E-state index contributed by atoms with van der Waals surface area (Å²) < 4.78 is 10.8. The van der Waals surface area contributed by atoms with Gasteiger partial charge in [-0.15, -0.1) is 11.3 Å². The van der Waals surface area contributed by atoms with Crippen molar-refractivity contribution in [2.24, 2.45) is 0 Å². The van der Waals surface area contributed by atoms with Gasteiger partial charge in [0.25, 0.3) is 0 Å². The van der Waals surface area contributed by atoms with E-state index in [0.29, 0.717) is 0 Å². The summed E-state index contributed by atoms with van der Waals surface area (Å²) in [6.07, 6.45) is 6.36. The van der Waals surface area contributed by atoms with Crippen LogP contribution in [0.4, 0.5) is 10.8 Å². The zero-order chi connectivity index (χ0) is 18.5. The van der Waals surface area contributed by atoms with Crippen molar-refractivity contribution in [3.8, 4) is 22.8 Å². The smallest absolute Gasteiger partial charge is 0.231 e. The van der Waals surface area contributed by atoms with Crippen molar-refractivity contribution < 1.29 is 9.47 Å². The molecule has 0 saturated heterocycles. The van der Waals surface area contributed by atoms with E-state index in [1.165, 1.54) is 31.2 Å². The van der Waals surface area contributed by atoms with Gasteiger partial charge in [-0.05, 0) is 30.5 Å². The van der Waals surface area contributed by atoms with Gasteiger partial charge in [0.15, 0.2) is 16.6 Å². The molecule has 27 heavy (non-hydrogen) atoms. The lowest BCUT2D eigenvalue weighted by atomic mass is 10.0. The number of nitrogens with one attached hydrogen (secondary N) is 1. The van der Waals surface area contributed by atoms with E-state index in [0.717, 1.165) is 40.0 Å². The number of benzene rings is 2. The van der Waals surface area contributed by atoms with E-state index in [1.807, 2.05) is 18.2 Å². The molecule has 3 aromatic rings. The van der Waals surface area contributed by atoms with Gasteiger partial charge in [0, 0.05) is 22.7 Å². The minimum atomic E-state index is 0.286. The number of anilines is 2. The van der Waals surface area contributed by atoms with Crippen LogP contribution >= 0.6 is 11.3 Å². The van der Waals surface area contributed by atoms with Gasteiger partial charge in [-0.1, -0.05) is 50.5 Å². The Labute approximate surface area is 164 Å².